The summed E-state index contributed by atoms with van der Waals surface area (Å²) in [5.74, 6) is 1.57. The van der Waals surface area contributed by atoms with Crippen molar-refractivity contribution in [3.8, 4) is 0 Å². The third-order valence-corrected chi connectivity index (χ3v) is 6.88. The van der Waals surface area contributed by atoms with Gasteiger partial charge in [0.1, 0.15) is 4.88 Å². The van der Waals surface area contributed by atoms with Crippen molar-refractivity contribution in [2.24, 2.45) is 11.8 Å². The molecule has 26 heavy (non-hydrogen) atoms. The highest BCUT2D eigenvalue weighted by Gasteiger charge is 2.37. The Labute approximate surface area is 160 Å². The van der Waals surface area contributed by atoms with Gasteiger partial charge in [-0.05, 0) is 31.6 Å². The number of nitrogens with zero attached hydrogens (tertiary/aromatic N) is 3. The minimum absolute atomic E-state index is 0.0404. The fourth-order valence-electron chi connectivity index (χ4n) is 3.55. The predicted molar refractivity (Wildman–Crippen MR) is 105 cm³/mol. The van der Waals surface area contributed by atoms with Crippen LogP contribution in [0.15, 0.2) is 0 Å². The number of hydrogen-bond acceptors (Lipinski definition) is 4. The first kappa shape index (κ1) is 19.3. The van der Waals surface area contributed by atoms with E-state index in [2.05, 4.69) is 37.6 Å². The van der Waals surface area contributed by atoms with Gasteiger partial charge in [-0.25, -0.2) is 4.98 Å². The van der Waals surface area contributed by atoms with Crippen molar-refractivity contribution in [3.63, 3.8) is 0 Å². The van der Waals surface area contributed by atoms with E-state index in [1.54, 1.807) is 0 Å². The van der Waals surface area contributed by atoms with Crippen LogP contribution in [0.1, 0.15) is 73.2 Å². The second kappa shape index (κ2) is 7.67. The van der Waals surface area contributed by atoms with Crippen molar-refractivity contribution in [2.75, 3.05) is 19.6 Å². The second-order valence-corrected chi connectivity index (χ2v) is 9.45. The summed E-state index contributed by atoms with van der Waals surface area (Å²) in [5.41, 5.74) is 0.815. The van der Waals surface area contributed by atoms with Crippen LogP contribution in [-0.4, -0.2) is 52.3 Å². The number of amides is 2. The zero-order valence-corrected chi connectivity index (χ0v) is 17.4. The van der Waals surface area contributed by atoms with E-state index in [4.69, 9.17) is 0 Å². The summed E-state index contributed by atoms with van der Waals surface area (Å²) in [7, 11) is 0. The van der Waals surface area contributed by atoms with E-state index in [0.717, 1.165) is 22.1 Å². The van der Waals surface area contributed by atoms with Crippen LogP contribution in [0.5, 0.6) is 0 Å². The quantitative estimate of drug-likeness (QED) is 0.786. The molecule has 1 saturated carbocycles. The molecule has 0 spiro atoms. The van der Waals surface area contributed by atoms with Crippen LogP contribution in [0.3, 0.4) is 0 Å². The molecule has 2 aliphatic rings. The normalized spacial score (nSPS) is 21.7. The molecule has 0 radical (unpaired) electrons. The van der Waals surface area contributed by atoms with E-state index in [1.807, 2.05) is 11.8 Å². The van der Waals surface area contributed by atoms with E-state index >= 15 is 0 Å². The van der Waals surface area contributed by atoms with E-state index in [1.165, 1.54) is 24.2 Å². The van der Waals surface area contributed by atoms with Gasteiger partial charge >= 0.3 is 0 Å². The Bertz CT molecular complexity index is 679. The molecule has 1 aliphatic carbocycles. The molecule has 144 valence electrons. The monoisotopic (exact) mass is 377 g/mol. The molecule has 2 amide bonds. The minimum atomic E-state index is 0.0404. The largest absolute Gasteiger partial charge is 0.337 e. The van der Waals surface area contributed by atoms with E-state index in [-0.39, 0.29) is 17.9 Å². The third-order valence-electron chi connectivity index (χ3n) is 5.43. The molecule has 2 fully saturated rings. The SMILES string of the molecule is Cc1nc(C(C)C)sc1C(=O)N1CCC(=O)N(CC2CC2)[C@@H](C(C)C)C1. The lowest BCUT2D eigenvalue weighted by Crippen LogP contribution is -2.48. The van der Waals surface area contributed by atoms with Gasteiger partial charge in [0, 0.05) is 32.0 Å². The van der Waals surface area contributed by atoms with Crippen molar-refractivity contribution >= 4 is 23.2 Å². The van der Waals surface area contributed by atoms with Gasteiger partial charge in [-0.3, -0.25) is 9.59 Å². The smallest absolute Gasteiger partial charge is 0.265 e. The highest BCUT2D eigenvalue weighted by atomic mass is 32.1. The Balaban J connectivity index is 1.81. The fourth-order valence-corrected chi connectivity index (χ4v) is 4.59. The maximum absolute atomic E-state index is 13.2. The van der Waals surface area contributed by atoms with Gasteiger partial charge in [0.05, 0.1) is 16.7 Å². The Morgan fingerprint density at radius 3 is 2.50 bits per heavy atom. The molecule has 0 N–H and O–H groups in total. The predicted octanol–water partition coefficient (Wildman–Crippen LogP) is 3.68. The lowest BCUT2D eigenvalue weighted by Gasteiger charge is -2.34. The van der Waals surface area contributed by atoms with Crippen LogP contribution in [0.2, 0.25) is 0 Å². The molecule has 3 rings (SSSR count). The molecule has 6 heteroatoms. The number of aromatic nitrogens is 1. The standard InChI is InChI=1S/C20H31N3O2S/c1-12(2)16-11-22(9-8-17(24)23(16)10-15-6-7-15)20(25)18-14(5)21-19(26-18)13(3)4/h12-13,15-16H,6-11H2,1-5H3/t16-/m1/s1. The second-order valence-electron chi connectivity index (χ2n) is 8.42. The molecule has 1 aromatic heterocycles. The number of carbonyl (C=O) groups is 2. The number of thiazole rings is 1. The number of carbonyl (C=O) groups excluding carboxylic acids is 2. The van der Waals surface area contributed by atoms with Crippen molar-refractivity contribution < 1.29 is 9.59 Å². The van der Waals surface area contributed by atoms with Crippen molar-refractivity contribution in [2.45, 2.75) is 65.8 Å². The van der Waals surface area contributed by atoms with Gasteiger partial charge in [-0.2, -0.15) is 0 Å². The Morgan fingerprint density at radius 2 is 1.96 bits per heavy atom. The minimum Gasteiger partial charge on any atom is -0.337 e. The first-order valence-corrected chi connectivity index (χ1v) is 10.7. The average molecular weight is 378 g/mol. The van der Waals surface area contributed by atoms with Gasteiger partial charge < -0.3 is 9.80 Å². The lowest BCUT2D eigenvalue weighted by molar-refractivity contribution is -0.133. The van der Waals surface area contributed by atoms with Crippen molar-refractivity contribution in [1.29, 1.82) is 0 Å². The van der Waals surface area contributed by atoms with E-state index in [9.17, 15) is 9.59 Å². The molecule has 1 aliphatic heterocycles. The summed E-state index contributed by atoms with van der Waals surface area (Å²) in [6, 6.07) is 0.104. The molecule has 0 bridgehead atoms. The van der Waals surface area contributed by atoms with Crippen molar-refractivity contribution in [3.05, 3.63) is 15.6 Å². The fraction of sp³-hybridized carbons (Fsp3) is 0.750. The van der Waals surface area contributed by atoms with Crippen LogP contribution in [-0.2, 0) is 4.79 Å². The molecular formula is C20H31N3O2S. The van der Waals surface area contributed by atoms with Crippen LogP contribution in [0.4, 0.5) is 0 Å². The van der Waals surface area contributed by atoms with Gasteiger partial charge in [0.25, 0.3) is 5.91 Å². The summed E-state index contributed by atoms with van der Waals surface area (Å²) in [6.45, 7) is 12.4. The highest BCUT2D eigenvalue weighted by molar-refractivity contribution is 7.13. The summed E-state index contributed by atoms with van der Waals surface area (Å²) >= 11 is 1.51. The maximum Gasteiger partial charge on any atom is 0.265 e. The topological polar surface area (TPSA) is 53.5 Å². The zero-order chi connectivity index (χ0) is 19.0. The van der Waals surface area contributed by atoms with Gasteiger partial charge in [0.2, 0.25) is 5.91 Å². The number of hydrogen-bond donors (Lipinski definition) is 0. The summed E-state index contributed by atoms with van der Waals surface area (Å²) in [5, 5.41) is 1.01. The highest BCUT2D eigenvalue weighted by Crippen LogP contribution is 2.33. The molecule has 1 atom stereocenters. The Morgan fingerprint density at radius 1 is 1.27 bits per heavy atom. The Hall–Kier alpha value is -1.43. The van der Waals surface area contributed by atoms with Crippen LogP contribution >= 0.6 is 11.3 Å². The van der Waals surface area contributed by atoms with Crippen LogP contribution in [0, 0.1) is 18.8 Å². The van der Waals surface area contributed by atoms with E-state index < -0.39 is 0 Å². The van der Waals surface area contributed by atoms with E-state index in [0.29, 0.717) is 37.3 Å². The lowest BCUT2D eigenvalue weighted by atomic mass is 10.0. The molecule has 0 aromatic carbocycles. The maximum atomic E-state index is 13.2. The Kier molecular flexibility index (Phi) is 5.70. The molecular weight excluding hydrogens is 346 g/mol. The molecule has 2 heterocycles. The average Bonchev–Trinajstić information content (AvgIpc) is 3.33. The molecule has 1 saturated heterocycles. The third kappa shape index (κ3) is 4.11. The van der Waals surface area contributed by atoms with Crippen molar-refractivity contribution in [1.82, 2.24) is 14.8 Å². The van der Waals surface area contributed by atoms with Gasteiger partial charge in [-0.15, -0.1) is 11.3 Å². The molecule has 5 nitrogen and oxygen atoms in total. The summed E-state index contributed by atoms with van der Waals surface area (Å²) < 4.78 is 0. The molecule has 1 aromatic rings. The first-order valence-electron chi connectivity index (χ1n) is 9.84. The summed E-state index contributed by atoms with van der Waals surface area (Å²) in [4.78, 5) is 35.2. The first-order chi connectivity index (χ1) is 12.3. The van der Waals surface area contributed by atoms with Crippen LogP contribution in [0.25, 0.3) is 0 Å². The molecule has 0 unspecified atom stereocenters. The zero-order valence-electron chi connectivity index (χ0n) is 16.6. The summed E-state index contributed by atoms with van der Waals surface area (Å²) in [6.07, 6.45) is 2.89. The van der Waals surface area contributed by atoms with Gasteiger partial charge in [0.15, 0.2) is 0 Å². The number of rotatable bonds is 5. The van der Waals surface area contributed by atoms with Crippen LogP contribution < -0.4 is 0 Å². The van der Waals surface area contributed by atoms with Gasteiger partial charge in [-0.1, -0.05) is 27.7 Å². The number of aryl methyl sites for hydroxylation is 1.